The topological polar surface area (TPSA) is 99.3 Å². The van der Waals surface area contributed by atoms with Crippen molar-refractivity contribution in [1.29, 1.82) is 0 Å². The molecule has 0 amide bonds. The Morgan fingerprint density at radius 3 is 2.44 bits per heavy atom. The predicted molar refractivity (Wildman–Crippen MR) is 106 cm³/mol. The zero-order valence-corrected chi connectivity index (χ0v) is 18.3. The average molecular weight is 414 g/mol. The fourth-order valence-electron chi connectivity index (χ4n) is 2.60. The van der Waals surface area contributed by atoms with Gasteiger partial charge in [0.2, 0.25) is 0 Å². The van der Waals surface area contributed by atoms with Crippen LogP contribution in [0.2, 0.25) is 5.02 Å². The second-order valence-corrected chi connectivity index (χ2v) is 7.39. The van der Waals surface area contributed by atoms with Gasteiger partial charge in [-0.1, -0.05) is 48.9 Å². The largest absolute Gasteiger partial charge is 0.506 e. The van der Waals surface area contributed by atoms with Gasteiger partial charge in [0.25, 0.3) is 10.1 Å². The number of fused-ring (bicyclic) bond motifs is 1. The second kappa shape index (κ2) is 8.68. The van der Waals surface area contributed by atoms with Gasteiger partial charge in [0, 0.05) is 40.0 Å². The van der Waals surface area contributed by atoms with E-state index in [1.807, 2.05) is 19.1 Å². The van der Waals surface area contributed by atoms with Gasteiger partial charge in [-0.15, -0.1) is 10.2 Å². The zero-order valence-electron chi connectivity index (χ0n) is 14.7. The molecular formula is C18H15ClN2NaO4S. The molecule has 6 nitrogen and oxygen atoms in total. The van der Waals surface area contributed by atoms with Crippen LogP contribution in [0.4, 0.5) is 11.4 Å². The van der Waals surface area contributed by atoms with Crippen molar-refractivity contribution in [1.82, 2.24) is 0 Å². The van der Waals surface area contributed by atoms with E-state index in [-0.39, 0.29) is 51.7 Å². The van der Waals surface area contributed by atoms with Gasteiger partial charge < -0.3 is 5.11 Å². The van der Waals surface area contributed by atoms with E-state index in [2.05, 4.69) is 10.2 Å². The van der Waals surface area contributed by atoms with Crippen LogP contribution in [0.1, 0.15) is 12.5 Å². The number of aromatic hydroxyl groups is 1. The Labute approximate surface area is 183 Å². The summed E-state index contributed by atoms with van der Waals surface area (Å²) in [5.74, 6) is -0.0921. The Morgan fingerprint density at radius 1 is 1.07 bits per heavy atom. The molecule has 0 aliphatic heterocycles. The van der Waals surface area contributed by atoms with Crippen molar-refractivity contribution >= 4 is 73.4 Å². The molecule has 0 saturated heterocycles. The van der Waals surface area contributed by atoms with Crippen LogP contribution in [-0.2, 0) is 16.5 Å². The molecular weight excluding hydrogens is 399 g/mol. The molecule has 135 valence electrons. The SMILES string of the molecule is CCc1cc(N=Nc2c(O)ccc3ccccc23)c(S(=O)(=O)O)cc1Cl.[Na]. The van der Waals surface area contributed by atoms with E-state index in [0.29, 0.717) is 17.4 Å². The summed E-state index contributed by atoms with van der Waals surface area (Å²) in [4.78, 5) is -0.442. The van der Waals surface area contributed by atoms with E-state index in [0.717, 1.165) is 11.5 Å². The van der Waals surface area contributed by atoms with Gasteiger partial charge in [0.15, 0.2) is 0 Å². The van der Waals surface area contributed by atoms with Gasteiger partial charge in [0.05, 0.1) is 0 Å². The maximum absolute atomic E-state index is 11.6. The van der Waals surface area contributed by atoms with Gasteiger partial charge in [-0.25, -0.2) is 0 Å². The third kappa shape index (κ3) is 4.68. The summed E-state index contributed by atoms with van der Waals surface area (Å²) in [6, 6.07) is 13.1. The van der Waals surface area contributed by atoms with Crippen molar-refractivity contribution in [2.45, 2.75) is 18.2 Å². The number of rotatable bonds is 4. The minimum atomic E-state index is -4.54. The molecule has 3 aromatic rings. The van der Waals surface area contributed by atoms with Crippen molar-refractivity contribution in [2.24, 2.45) is 10.2 Å². The van der Waals surface area contributed by atoms with Crippen molar-refractivity contribution in [3.8, 4) is 5.75 Å². The molecule has 0 aliphatic carbocycles. The molecule has 27 heavy (non-hydrogen) atoms. The monoisotopic (exact) mass is 413 g/mol. The zero-order chi connectivity index (χ0) is 18.9. The quantitative estimate of drug-likeness (QED) is 0.355. The molecule has 0 heterocycles. The Kier molecular flexibility index (Phi) is 7.02. The minimum Gasteiger partial charge on any atom is -0.506 e. The first-order valence-corrected chi connectivity index (χ1v) is 9.55. The second-order valence-electron chi connectivity index (χ2n) is 5.59. The Balaban J connectivity index is 0.00000261. The maximum atomic E-state index is 11.6. The van der Waals surface area contributed by atoms with Gasteiger partial charge in [-0.3, -0.25) is 4.55 Å². The number of phenolic OH excluding ortho intramolecular Hbond substituents is 1. The average Bonchev–Trinajstić information content (AvgIpc) is 2.60. The van der Waals surface area contributed by atoms with E-state index in [9.17, 15) is 18.1 Å². The van der Waals surface area contributed by atoms with Crippen LogP contribution in [0.15, 0.2) is 63.7 Å². The molecule has 0 fully saturated rings. The molecule has 3 aromatic carbocycles. The standard InChI is InChI=1S/C18H15ClN2O4S.Na/c1-2-11-9-15(17(10-14(11)19)26(23,24)25)20-21-18-13-6-4-3-5-12(13)7-8-16(18)22;/h3-10,22H,2H2,1H3,(H,23,24,25);. The smallest absolute Gasteiger partial charge is 0.296 e. The van der Waals surface area contributed by atoms with E-state index in [1.54, 1.807) is 18.2 Å². The summed E-state index contributed by atoms with van der Waals surface area (Å²) >= 11 is 6.04. The Bertz CT molecular complexity index is 1130. The van der Waals surface area contributed by atoms with E-state index < -0.39 is 15.0 Å². The molecule has 0 aromatic heterocycles. The number of halogens is 1. The van der Waals surface area contributed by atoms with E-state index in [1.165, 1.54) is 12.1 Å². The molecule has 0 spiro atoms. The molecule has 0 bridgehead atoms. The molecule has 0 unspecified atom stereocenters. The van der Waals surface area contributed by atoms with Crippen LogP contribution in [0.25, 0.3) is 10.8 Å². The predicted octanol–water partition coefficient (Wildman–Crippen LogP) is 5.04. The number of phenols is 1. The van der Waals surface area contributed by atoms with Crippen LogP contribution in [0, 0.1) is 0 Å². The van der Waals surface area contributed by atoms with Gasteiger partial charge >= 0.3 is 0 Å². The van der Waals surface area contributed by atoms with Gasteiger partial charge in [0.1, 0.15) is 22.0 Å². The minimum absolute atomic E-state index is 0. The van der Waals surface area contributed by atoms with Crippen molar-refractivity contribution < 1.29 is 18.1 Å². The first kappa shape index (κ1) is 21.8. The van der Waals surface area contributed by atoms with Crippen molar-refractivity contribution in [2.75, 3.05) is 0 Å². The number of azo groups is 1. The Morgan fingerprint density at radius 2 is 1.78 bits per heavy atom. The fourth-order valence-corrected chi connectivity index (χ4v) is 3.59. The van der Waals surface area contributed by atoms with Gasteiger partial charge in [-0.2, -0.15) is 8.42 Å². The molecule has 2 N–H and O–H groups in total. The first-order valence-electron chi connectivity index (χ1n) is 7.73. The molecule has 3 rings (SSSR count). The summed E-state index contributed by atoms with van der Waals surface area (Å²) in [5.41, 5.74) is 0.814. The number of hydrogen-bond acceptors (Lipinski definition) is 5. The molecule has 9 heteroatoms. The van der Waals surface area contributed by atoms with Crippen LogP contribution >= 0.6 is 11.6 Å². The molecule has 0 saturated carbocycles. The van der Waals surface area contributed by atoms with Crippen molar-refractivity contribution in [3.05, 3.63) is 59.1 Å². The first-order chi connectivity index (χ1) is 12.3. The number of hydrogen-bond donors (Lipinski definition) is 2. The number of nitrogens with zero attached hydrogens (tertiary/aromatic N) is 2. The van der Waals surface area contributed by atoms with Crippen LogP contribution in [0.3, 0.4) is 0 Å². The summed E-state index contributed by atoms with van der Waals surface area (Å²) in [6.07, 6.45) is 0.548. The summed E-state index contributed by atoms with van der Waals surface area (Å²) in [5, 5.41) is 19.9. The van der Waals surface area contributed by atoms with Crippen LogP contribution in [0.5, 0.6) is 5.75 Å². The summed E-state index contributed by atoms with van der Waals surface area (Å²) in [7, 11) is -4.54. The molecule has 0 atom stereocenters. The van der Waals surface area contributed by atoms with Crippen molar-refractivity contribution in [3.63, 3.8) is 0 Å². The molecule has 0 aliphatic rings. The summed E-state index contributed by atoms with van der Waals surface area (Å²) in [6.45, 7) is 1.85. The van der Waals surface area contributed by atoms with Crippen LogP contribution < -0.4 is 0 Å². The fraction of sp³-hybridized carbons (Fsp3) is 0.111. The Hall–Kier alpha value is -1.48. The normalized spacial score (nSPS) is 11.7. The maximum Gasteiger partial charge on any atom is 0.296 e. The number of aryl methyl sites for hydroxylation is 1. The third-order valence-corrected chi connectivity index (χ3v) is 5.16. The van der Waals surface area contributed by atoms with E-state index >= 15 is 0 Å². The van der Waals surface area contributed by atoms with Gasteiger partial charge in [-0.05, 0) is 35.6 Å². The third-order valence-electron chi connectivity index (χ3n) is 3.92. The summed E-state index contributed by atoms with van der Waals surface area (Å²) < 4.78 is 32.7. The molecule has 1 radical (unpaired) electrons. The number of benzene rings is 3. The van der Waals surface area contributed by atoms with E-state index in [4.69, 9.17) is 11.6 Å². The van der Waals surface area contributed by atoms with Crippen LogP contribution in [-0.4, -0.2) is 47.6 Å².